The lowest BCUT2D eigenvalue weighted by molar-refractivity contribution is 0.319. The zero-order valence-corrected chi connectivity index (χ0v) is 14.1. The van der Waals surface area contributed by atoms with Crippen LogP contribution in [0.1, 0.15) is 38.0 Å². The van der Waals surface area contributed by atoms with Gasteiger partial charge in [-0.25, -0.2) is 4.98 Å². The van der Waals surface area contributed by atoms with Crippen molar-refractivity contribution in [1.82, 2.24) is 15.1 Å². The maximum Gasteiger partial charge on any atom is 0.232 e. The molecule has 0 bridgehead atoms. The average molecular weight is 313 g/mol. The van der Waals surface area contributed by atoms with E-state index in [9.17, 15) is 0 Å². The van der Waals surface area contributed by atoms with Crippen LogP contribution in [0.25, 0.3) is 10.9 Å². The number of fused-ring (bicyclic) bond motifs is 1. The van der Waals surface area contributed by atoms with E-state index >= 15 is 0 Å². The first-order valence-corrected chi connectivity index (χ1v) is 8.24. The SMILES string of the molecule is Cc1cc(SCc2noc(C(C)(C)C)n2)nc2ccccc12. The van der Waals surface area contributed by atoms with E-state index in [0.29, 0.717) is 17.5 Å². The molecule has 0 amide bonds. The summed E-state index contributed by atoms with van der Waals surface area (Å²) in [5, 5.41) is 6.23. The largest absolute Gasteiger partial charge is 0.339 e. The molecule has 3 aromatic rings. The Morgan fingerprint density at radius 3 is 2.64 bits per heavy atom. The van der Waals surface area contributed by atoms with Gasteiger partial charge in [0.05, 0.1) is 16.3 Å². The minimum atomic E-state index is -0.117. The summed E-state index contributed by atoms with van der Waals surface area (Å²) in [5.74, 6) is 2.04. The van der Waals surface area contributed by atoms with Gasteiger partial charge >= 0.3 is 0 Å². The molecule has 0 saturated carbocycles. The summed E-state index contributed by atoms with van der Waals surface area (Å²) < 4.78 is 5.32. The first-order chi connectivity index (χ1) is 10.4. The fourth-order valence-electron chi connectivity index (χ4n) is 2.15. The summed E-state index contributed by atoms with van der Waals surface area (Å²) in [6, 6.07) is 10.3. The third-order valence-electron chi connectivity index (χ3n) is 3.36. The molecule has 0 atom stereocenters. The van der Waals surface area contributed by atoms with Crippen molar-refractivity contribution in [2.45, 2.75) is 43.9 Å². The second-order valence-corrected chi connectivity index (χ2v) is 7.34. The lowest BCUT2D eigenvalue weighted by atomic mass is 9.97. The predicted octanol–water partition coefficient (Wildman–Crippen LogP) is 4.52. The molecule has 0 saturated heterocycles. The van der Waals surface area contributed by atoms with E-state index in [2.05, 4.69) is 55.0 Å². The maximum absolute atomic E-state index is 5.32. The van der Waals surface area contributed by atoms with Gasteiger partial charge in [-0.2, -0.15) is 4.98 Å². The Labute approximate surface area is 134 Å². The van der Waals surface area contributed by atoms with Crippen molar-refractivity contribution < 1.29 is 4.52 Å². The smallest absolute Gasteiger partial charge is 0.232 e. The molecule has 0 aliphatic carbocycles. The second-order valence-electron chi connectivity index (χ2n) is 6.35. The minimum Gasteiger partial charge on any atom is -0.339 e. The number of hydrogen-bond acceptors (Lipinski definition) is 5. The number of pyridine rings is 1. The van der Waals surface area contributed by atoms with Crippen LogP contribution in [0.5, 0.6) is 0 Å². The summed E-state index contributed by atoms with van der Waals surface area (Å²) in [5.41, 5.74) is 2.14. The number of rotatable bonds is 3. The van der Waals surface area contributed by atoms with Crippen LogP contribution in [0, 0.1) is 6.92 Å². The standard InChI is InChI=1S/C17H19N3OS/c1-11-9-15(18-13-8-6-5-7-12(11)13)22-10-14-19-16(21-20-14)17(2,3)4/h5-9H,10H2,1-4H3. The van der Waals surface area contributed by atoms with Crippen LogP contribution >= 0.6 is 11.8 Å². The topological polar surface area (TPSA) is 51.8 Å². The summed E-state index contributed by atoms with van der Waals surface area (Å²) in [7, 11) is 0. The van der Waals surface area contributed by atoms with E-state index in [0.717, 1.165) is 10.5 Å². The number of thioether (sulfide) groups is 1. The van der Waals surface area contributed by atoms with Gasteiger partial charge in [0.25, 0.3) is 0 Å². The van der Waals surface area contributed by atoms with Crippen LogP contribution in [0.3, 0.4) is 0 Å². The van der Waals surface area contributed by atoms with Crippen LogP contribution in [0.2, 0.25) is 0 Å². The number of para-hydroxylation sites is 1. The Bertz CT molecular complexity index is 805. The highest BCUT2D eigenvalue weighted by Crippen LogP contribution is 2.26. The van der Waals surface area contributed by atoms with Crippen molar-refractivity contribution in [2.24, 2.45) is 0 Å². The fraction of sp³-hybridized carbons (Fsp3) is 0.353. The van der Waals surface area contributed by atoms with Gasteiger partial charge in [-0.05, 0) is 24.6 Å². The number of benzene rings is 1. The molecule has 2 aromatic heterocycles. The molecule has 0 unspecified atom stereocenters. The lowest BCUT2D eigenvalue weighted by Crippen LogP contribution is -2.11. The number of hydrogen-bond donors (Lipinski definition) is 0. The van der Waals surface area contributed by atoms with E-state index < -0.39 is 0 Å². The molecule has 3 rings (SSSR count). The third-order valence-corrected chi connectivity index (χ3v) is 4.27. The van der Waals surface area contributed by atoms with Gasteiger partial charge in [0.1, 0.15) is 0 Å². The van der Waals surface area contributed by atoms with Gasteiger partial charge in [0.15, 0.2) is 5.82 Å². The quantitative estimate of drug-likeness (QED) is 0.666. The Balaban J connectivity index is 1.78. The van der Waals surface area contributed by atoms with Crippen molar-refractivity contribution in [2.75, 3.05) is 0 Å². The van der Waals surface area contributed by atoms with Gasteiger partial charge < -0.3 is 4.52 Å². The summed E-state index contributed by atoms with van der Waals surface area (Å²) >= 11 is 1.63. The fourth-order valence-corrected chi connectivity index (χ4v) is 2.97. The molecule has 1 aromatic carbocycles. The third kappa shape index (κ3) is 3.14. The van der Waals surface area contributed by atoms with Crippen LogP contribution < -0.4 is 0 Å². The minimum absolute atomic E-state index is 0.117. The molecule has 0 aliphatic heterocycles. The maximum atomic E-state index is 5.32. The van der Waals surface area contributed by atoms with Gasteiger partial charge in [0.2, 0.25) is 5.89 Å². The normalized spacial score (nSPS) is 12.0. The molecule has 0 fully saturated rings. The van der Waals surface area contributed by atoms with Crippen molar-refractivity contribution in [1.29, 1.82) is 0 Å². The molecule has 22 heavy (non-hydrogen) atoms. The summed E-state index contributed by atoms with van der Waals surface area (Å²) in [4.78, 5) is 9.14. The number of aryl methyl sites for hydroxylation is 1. The zero-order chi connectivity index (χ0) is 15.7. The molecule has 0 N–H and O–H groups in total. The van der Waals surface area contributed by atoms with Gasteiger partial charge in [-0.3, -0.25) is 0 Å². The highest BCUT2D eigenvalue weighted by molar-refractivity contribution is 7.98. The Morgan fingerprint density at radius 2 is 1.91 bits per heavy atom. The molecular formula is C17H19N3OS. The van der Waals surface area contributed by atoms with Crippen molar-refractivity contribution in [3.63, 3.8) is 0 Å². The van der Waals surface area contributed by atoms with Crippen molar-refractivity contribution >= 4 is 22.7 Å². The average Bonchev–Trinajstić information content (AvgIpc) is 2.94. The van der Waals surface area contributed by atoms with Crippen LogP contribution in [-0.2, 0) is 11.2 Å². The molecule has 5 heteroatoms. The number of nitrogens with zero attached hydrogens (tertiary/aromatic N) is 3. The highest BCUT2D eigenvalue weighted by atomic mass is 32.2. The highest BCUT2D eigenvalue weighted by Gasteiger charge is 2.21. The summed E-state index contributed by atoms with van der Waals surface area (Å²) in [6.07, 6.45) is 0. The molecule has 2 heterocycles. The van der Waals surface area contributed by atoms with Crippen molar-refractivity contribution in [3.05, 3.63) is 47.6 Å². The Hall–Kier alpha value is -1.88. The lowest BCUT2D eigenvalue weighted by Gasteiger charge is -2.10. The first kappa shape index (κ1) is 15.0. The summed E-state index contributed by atoms with van der Waals surface area (Å²) in [6.45, 7) is 8.29. The molecule has 0 radical (unpaired) electrons. The Kier molecular flexibility index (Phi) is 3.91. The molecule has 0 aliphatic rings. The van der Waals surface area contributed by atoms with Crippen molar-refractivity contribution in [3.8, 4) is 0 Å². The molecule has 0 spiro atoms. The van der Waals surface area contributed by atoms with E-state index in [1.165, 1.54) is 10.9 Å². The van der Waals surface area contributed by atoms with E-state index in [4.69, 9.17) is 4.52 Å². The van der Waals surface area contributed by atoms with E-state index in [-0.39, 0.29) is 5.41 Å². The first-order valence-electron chi connectivity index (χ1n) is 7.26. The van der Waals surface area contributed by atoms with Gasteiger partial charge in [-0.15, -0.1) is 0 Å². The van der Waals surface area contributed by atoms with E-state index in [1.807, 2.05) is 18.2 Å². The molecule has 114 valence electrons. The Morgan fingerprint density at radius 1 is 1.14 bits per heavy atom. The molecular weight excluding hydrogens is 294 g/mol. The van der Waals surface area contributed by atoms with Gasteiger partial charge in [0, 0.05) is 10.8 Å². The second kappa shape index (κ2) is 5.72. The molecule has 4 nitrogen and oxygen atoms in total. The van der Waals surface area contributed by atoms with Gasteiger partial charge in [-0.1, -0.05) is 55.9 Å². The van der Waals surface area contributed by atoms with Crippen LogP contribution in [0.15, 0.2) is 39.9 Å². The number of aromatic nitrogens is 3. The van der Waals surface area contributed by atoms with Crippen LogP contribution in [-0.4, -0.2) is 15.1 Å². The predicted molar refractivity (Wildman–Crippen MR) is 89.0 cm³/mol. The van der Waals surface area contributed by atoms with E-state index in [1.54, 1.807) is 11.8 Å². The van der Waals surface area contributed by atoms with Crippen LogP contribution in [0.4, 0.5) is 0 Å². The monoisotopic (exact) mass is 313 g/mol. The zero-order valence-electron chi connectivity index (χ0n) is 13.3.